The number of nitrogens with zero attached hydrogens (tertiary/aromatic N) is 1. The molecule has 0 aliphatic heterocycles. The number of rotatable bonds is 2. The van der Waals surface area contributed by atoms with Crippen LogP contribution in [-0.2, 0) is 0 Å². The van der Waals surface area contributed by atoms with Crippen molar-refractivity contribution < 1.29 is 0 Å². The molecular formula is C14H28N2. The Kier molecular flexibility index (Phi) is 4.40. The van der Waals surface area contributed by atoms with Gasteiger partial charge in [0.25, 0.3) is 0 Å². The lowest BCUT2D eigenvalue weighted by molar-refractivity contribution is 0.254. The average Bonchev–Trinajstić information content (AvgIpc) is 2.15. The van der Waals surface area contributed by atoms with Gasteiger partial charge in [-0.05, 0) is 58.3 Å². The molecule has 0 heterocycles. The summed E-state index contributed by atoms with van der Waals surface area (Å²) in [6.45, 7) is 11.0. The molecule has 0 aromatic rings. The van der Waals surface area contributed by atoms with Gasteiger partial charge in [0.15, 0.2) is 0 Å². The summed E-state index contributed by atoms with van der Waals surface area (Å²) in [5, 5.41) is 0. The molecule has 1 aliphatic carbocycles. The van der Waals surface area contributed by atoms with Gasteiger partial charge in [-0.1, -0.05) is 13.8 Å². The molecular weight excluding hydrogens is 196 g/mol. The maximum absolute atomic E-state index is 6.11. The van der Waals surface area contributed by atoms with Gasteiger partial charge in [0, 0.05) is 5.92 Å². The van der Waals surface area contributed by atoms with Crippen LogP contribution < -0.4 is 5.73 Å². The number of amidine groups is 1. The van der Waals surface area contributed by atoms with Crippen molar-refractivity contribution >= 4 is 5.84 Å². The summed E-state index contributed by atoms with van der Waals surface area (Å²) in [7, 11) is 0. The largest absolute Gasteiger partial charge is 0.387 e. The van der Waals surface area contributed by atoms with Crippen LogP contribution in [0.1, 0.15) is 60.3 Å². The first-order chi connectivity index (χ1) is 7.29. The predicted molar refractivity (Wildman–Crippen MR) is 71.7 cm³/mol. The summed E-state index contributed by atoms with van der Waals surface area (Å²) < 4.78 is 0. The van der Waals surface area contributed by atoms with E-state index >= 15 is 0 Å². The summed E-state index contributed by atoms with van der Waals surface area (Å²) in [5.74, 6) is 3.14. The van der Waals surface area contributed by atoms with Crippen molar-refractivity contribution in [1.29, 1.82) is 0 Å². The van der Waals surface area contributed by atoms with Crippen molar-refractivity contribution in [2.75, 3.05) is 0 Å². The van der Waals surface area contributed by atoms with E-state index in [1.165, 1.54) is 25.7 Å². The molecule has 1 rings (SSSR count). The molecule has 94 valence electrons. The quantitative estimate of drug-likeness (QED) is 0.565. The lowest BCUT2D eigenvalue weighted by atomic mass is 9.76. The molecule has 16 heavy (non-hydrogen) atoms. The standard InChI is InChI=1S/C14H28N2/c1-10(2)11-6-8-12(9-7-11)13(15)16-14(3,4)5/h10-12H,6-9H2,1-5H3,(H2,15,16). The lowest BCUT2D eigenvalue weighted by Gasteiger charge is -2.31. The highest BCUT2D eigenvalue weighted by atomic mass is 14.9. The minimum absolute atomic E-state index is 0.0288. The molecule has 0 aromatic carbocycles. The molecule has 0 radical (unpaired) electrons. The van der Waals surface area contributed by atoms with Crippen molar-refractivity contribution in [3.8, 4) is 0 Å². The molecule has 0 unspecified atom stereocenters. The van der Waals surface area contributed by atoms with E-state index in [0.29, 0.717) is 5.92 Å². The second-order valence-corrected chi connectivity index (χ2v) is 6.56. The maximum atomic E-state index is 6.11. The fraction of sp³-hybridized carbons (Fsp3) is 0.929. The number of aliphatic imine (C=N–C) groups is 1. The van der Waals surface area contributed by atoms with Gasteiger partial charge in [-0.25, -0.2) is 0 Å². The Hall–Kier alpha value is -0.530. The topological polar surface area (TPSA) is 38.4 Å². The van der Waals surface area contributed by atoms with Crippen LogP contribution in [0, 0.1) is 17.8 Å². The molecule has 0 aromatic heterocycles. The van der Waals surface area contributed by atoms with E-state index in [4.69, 9.17) is 5.73 Å². The van der Waals surface area contributed by atoms with E-state index in [9.17, 15) is 0 Å². The summed E-state index contributed by atoms with van der Waals surface area (Å²) in [4.78, 5) is 4.60. The number of nitrogens with two attached hydrogens (primary N) is 1. The van der Waals surface area contributed by atoms with Crippen molar-refractivity contribution in [1.82, 2.24) is 0 Å². The van der Waals surface area contributed by atoms with Gasteiger partial charge in [0.2, 0.25) is 0 Å². The molecule has 1 saturated carbocycles. The maximum Gasteiger partial charge on any atom is 0.0974 e. The first-order valence-electron chi connectivity index (χ1n) is 6.65. The normalized spacial score (nSPS) is 28.5. The smallest absolute Gasteiger partial charge is 0.0974 e. The van der Waals surface area contributed by atoms with Gasteiger partial charge in [-0.15, -0.1) is 0 Å². The van der Waals surface area contributed by atoms with Crippen molar-refractivity contribution in [2.24, 2.45) is 28.5 Å². The van der Waals surface area contributed by atoms with Crippen LogP contribution in [0.3, 0.4) is 0 Å². The lowest BCUT2D eigenvalue weighted by Crippen LogP contribution is -2.31. The van der Waals surface area contributed by atoms with Gasteiger partial charge in [-0.3, -0.25) is 4.99 Å². The Labute approximate surface area is 101 Å². The zero-order chi connectivity index (χ0) is 12.3. The molecule has 0 spiro atoms. The Morgan fingerprint density at radius 2 is 1.62 bits per heavy atom. The average molecular weight is 224 g/mol. The van der Waals surface area contributed by atoms with Crippen LogP contribution >= 0.6 is 0 Å². The monoisotopic (exact) mass is 224 g/mol. The van der Waals surface area contributed by atoms with Gasteiger partial charge in [0.1, 0.15) is 0 Å². The highest BCUT2D eigenvalue weighted by Gasteiger charge is 2.25. The van der Waals surface area contributed by atoms with Crippen LogP contribution in [0.25, 0.3) is 0 Å². The fourth-order valence-electron chi connectivity index (χ4n) is 2.56. The van der Waals surface area contributed by atoms with E-state index in [0.717, 1.165) is 17.7 Å². The van der Waals surface area contributed by atoms with E-state index in [2.05, 4.69) is 39.6 Å². The fourth-order valence-corrected chi connectivity index (χ4v) is 2.56. The second-order valence-electron chi connectivity index (χ2n) is 6.56. The summed E-state index contributed by atoms with van der Waals surface area (Å²) in [6.07, 6.45) is 5.11. The number of hydrogen-bond acceptors (Lipinski definition) is 1. The minimum Gasteiger partial charge on any atom is -0.387 e. The highest BCUT2D eigenvalue weighted by Crippen LogP contribution is 2.33. The molecule has 2 N–H and O–H groups in total. The molecule has 1 aliphatic rings. The van der Waals surface area contributed by atoms with E-state index in [1.807, 2.05) is 0 Å². The highest BCUT2D eigenvalue weighted by molar-refractivity contribution is 5.83. The molecule has 0 saturated heterocycles. The van der Waals surface area contributed by atoms with E-state index in [1.54, 1.807) is 0 Å². The van der Waals surface area contributed by atoms with Gasteiger partial charge in [0.05, 0.1) is 11.4 Å². The SMILES string of the molecule is CC(C)C1CCC(C(N)=NC(C)(C)C)CC1. The summed E-state index contributed by atoms with van der Waals surface area (Å²) in [6, 6.07) is 0. The minimum atomic E-state index is -0.0288. The van der Waals surface area contributed by atoms with Crippen molar-refractivity contribution in [3.63, 3.8) is 0 Å². The third-order valence-electron chi connectivity index (χ3n) is 3.60. The van der Waals surface area contributed by atoms with Crippen molar-refractivity contribution in [3.05, 3.63) is 0 Å². The molecule has 0 atom stereocenters. The predicted octanol–water partition coefficient (Wildman–Crippen LogP) is 3.60. The van der Waals surface area contributed by atoms with Crippen LogP contribution in [0.15, 0.2) is 4.99 Å². The third-order valence-corrected chi connectivity index (χ3v) is 3.60. The van der Waals surface area contributed by atoms with Crippen LogP contribution in [-0.4, -0.2) is 11.4 Å². The zero-order valence-electron chi connectivity index (χ0n) is 11.6. The van der Waals surface area contributed by atoms with E-state index < -0.39 is 0 Å². The Bertz CT molecular complexity index is 240. The van der Waals surface area contributed by atoms with Crippen LogP contribution in [0.5, 0.6) is 0 Å². The van der Waals surface area contributed by atoms with Crippen molar-refractivity contribution in [2.45, 2.75) is 65.8 Å². The molecule has 0 amide bonds. The molecule has 2 nitrogen and oxygen atoms in total. The summed E-state index contributed by atoms with van der Waals surface area (Å²) >= 11 is 0. The van der Waals surface area contributed by atoms with Gasteiger partial charge >= 0.3 is 0 Å². The van der Waals surface area contributed by atoms with Crippen LogP contribution in [0.4, 0.5) is 0 Å². The van der Waals surface area contributed by atoms with Gasteiger partial charge < -0.3 is 5.73 Å². The third kappa shape index (κ3) is 4.15. The molecule has 0 bridgehead atoms. The zero-order valence-corrected chi connectivity index (χ0v) is 11.6. The second kappa shape index (κ2) is 5.20. The van der Waals surface area contributed by atoms with Crippen LogP contribution in [0.2, 0.25) is 0 Å². The Balaban J connectivity index is 2.51. The van der Waals surface area contributed by atoms with E-state index in [-0.39, 0.29) is 5.54 Å². The Morgan fingerprint density at radius 3 is 2.00 bits per heavy atom. The first-order valence-corrected chi connectivity index (χ1v) is 6.65. The first kappa shape index (κ1) is 13.5. The molecule has 2 heteroatoms. The summed E-state index contributed by atoms with van der Waals surface area (Å²) in [5.41, 5.74) is 6.08. The number of hydrogen-bond donors (Lipinski definition) is 1. The Morgan fingerprint density at radius 1 is 1.12 bits per heavy atom. The molecule has 1 fully saturated rings. The van der Waals surface area contributed by atoms with Gasteiger partial charge in [-0.2, -0.15) is 0 Å².